The summed E-state index contributed by atoms with van der Waals surface area (Å²) in [6, 6.07) is -0.0556. The van der Waals surface area contributed by atoms with E-state index in [0.717, 1.165) is 48.2 Å². The topological polar surface area (TPSA) is 87.9 Å². The summed E-state index contributed by atoms with van der Waals surface area (Å²) >= 11 is 0. The van der Waals surface area contributed by atoms with Crippen LogP contribution in [0.3, 0.4) is 0 Å². The normalized spacial score (nSPS) is 21.1. The van der Waals surface area contributed by atoms with Crippen LogP contribution in [0.5, 0.6) is 0 Å². The molecule has 0 saturated heterocycles. The molecule has 7 nitrogen and oxygen atoms in total. The minimum atomic E-state index is -0.0556. The molecule has 1 aliphatic carbocycles. The molecule has 1 saturated carbocycles. The number of aliphatic hydroxyl groups is 1. The van der Waals surface area contributed by atoms with Gasteiger partial charge in [-0.25, -0.2) is 4.98 Å². The van der Waals surface area contributed by atoms with Crippen molar-refractivity contribution in [2.75, 3.05) is 23.8 Å². The van der Waals surface area contributed by atoms with Gasteiger partial charge in [-0.3, -0.25) is 0 Å². The van der Waals surface area contributed by atoms with Gasteiger partial charge in [0.25, 0.3) is 0 Å². The van der Waals surface area contributed by atoms with Crippen LogP contribution in [0, 0.1) is 11.8 Å². The number of allylic oxidation sites excluding steroid dienone is 1. The molecule has 154 valence electrons. The van der Waals surface area contributed by atoms with Crippen molar-refractivity contribution in [1.29, 1.82) is 0 Å². The van der Waals surface area contributed by atoms with Gasteiger partial charge in [0, 0.05) is 13.6 Å². The van der Waals surface area contributed by atoms with Crippen LogP contribution >= 0.6 is 0 Å². The first-order valence-corrected chi connectivity index (χ1v) is 10.5. The molecule has 1 fully saturated rings. The summed E-state index contributed by atoms with van der Waals surface area (Å²) in [6.45, 7) is 9.47. The molecule has 2 aromatic rings. The third kappa shape index (κ3) is 5.01. The number of aliphatic hydroxyl groups excluding tert-OH is 1. The van der Waals surface area contributed by atoms with E-state index in [2.05, 4.69) is 39.1 Å². The smallest absolute Gasteiger partial charge is 0.227 e. The maximum atomic E-state index is 9.46. The van der Waals surface area contributed by atoms with E-state index in [4.69, 9.17) is 0 Å². The Hall–Kier alpha value is -2.15. The summed E-state index contributed by atoms with van der Waals surface area (Å²) in [5.74, 6) is 2.80. The number of hydrogen-bond donors (Lipinski definition) is 3. The van der Waals surface area contributed by atoms with Crippen LogP contribution in [0.1, 0.15) is 52.4 Å². The highest BCUT2D eigenvalue weighted by molar-refractivity contribution is 5.84. The Kier molecular flexibility index (Phi) is 6.88. The monoisotopic (exact) mass is 386 g/mol. The van der Waals surface area contributed by atoms with Gasteiger partial charge in [-0.2, -0.15) is 9.97 Å². The number of anilines is 2. The zero-order valence-electron chi connectivity index (χ0n) is 17.4. The lowest BCUT2D eigenvalue weighted by molar-refractivity contribution is 0.271. The summed E-state index contributed by atoms with van der Waals surface area (Å²) in [7, 11) is 1.93. The summed E-state index contributed by atoms with van der Waals surface area (Å²) in [5, 5.41) is 16.1. The number of nitrogens with zero attached hydrogens (tertiary/aromatic N) is 4. The predicted molar refractivity (Wildman–Crippen MR) is 114 cm³/mol. The third-order valence-electron chi connectivity index (χ3n) is 5.64. The molecular formula is C21H34N6O. The van der Waals surface area contributed by atoms with Crippen LogP contribution in [0.15, 0.2) is 18.5 Å². The van der Waals surface area contributed by atoms with Crippen molar-refractivity contribution in [3.05, 3.63) is 18.5 Å². The molecule has 0 aliphatic heterocycles. The maximum Gasteiger partial charge on any atom is 0.227 e. The van der Waals surface area contributed by atoms with Gasteiger partial charge in [-0.15, -0.1) is 0 Å². The van der Waals surface area contributed by atoms with Crippen LogP contribution in [-0.2, 0) is 7.05 Å². The second kappa shape index (κ2) is 9.37. The van der Waals surface area contributed by atoms with E-state index in [-0.39, 0.29) is 12.6 Å². The van der Waals surface area contributed by atoms with Crippen LogP contribution in [0.2, 0.25) is 0 Å². The van der Waals surface area contributed by atoms with Crippen LogP contribution in [0.4, 0.5) is 11.8 Å². The first kappa shape index (κ1) is 20.6. The van der Waals surface area contributed by atoms with Crippen LogP contribution in [0.25, 0.3) is 11.2 Å². The predicted octanol–water partition coefficient (Wildman–Crippen LogP) is 3.73. The molecule has 7 heteroatoms. The molecular weight excluding hydrogens is 352 g/mol. The fraction of sp³-hybridized carbons (Fsp3) is 0.667. The molecule has 0 amide bonds. The van der Waals surface area contributed by atoms with E-state index in [0.29, 0.717) is 5.95 Å². The second-order valence-electron chi connectivity index (χ2n) is 8.29. The number of aryl methyl sites for hydroxylation is 1. The second-order valence-corrected chi connectivity index (χ2v) is 8.29. The van der Waals surface area contributed by atoms with Gasteiger partial charge in [0.1, 0.15) is 0 Å². The average Bonchev–Trinajstić information content (AvgIpc) is 3.03. The summed E-state index contributed by atoms with van der Waals surface area (Å²) in [5.41, 5.74) is 2.97. The molecule has 0 aromatic carbocycles. The molecule has 2 heterocycles. The molecule has 3 atom stereocenters. The first-order valence-electron chi connectivity index (χ1n) is 10.5. The fourth-order valence-corrected chi connectivity index (χ4v) is 4.19. The Morgan fingerprint density at radius 3 is 2.89 bits per heavy atom. The summed E-state index contributed by atoms with van der Waals surface area (Å²) < 4.78 is 1.89. The van der Waals surface area contributed by atoms with Crippen LogP contribution < -0.4 is 10.6 Å². The molecule has 1 aliphatic rings. The molecule has 0 bridgehead atoms. The number of aromatic nitrogens is 4. The molecule has 2 unspecified atom stereocenters. The minimum Gasteiger partial charge on any atom is -0.394 e. The Balaban J connectivity index is 1.63. The summed E-state index contributed by atoms with van der Waals surface area (Å²) in [4.78, 5) is 13.6. The van der Waals surface area contributed by atoms with Gasteiger partial charge in [0.2, 0.25) is 5.95 Å². The van der Waals surface area contributed by atoms with Crippen molar-refractivity contribution in [2.45, 2.75) is 58.4 Å². The molecule has 3 N–H and O–H groups in total. The number of hydrogen-bond acceptors (Lipinski definition) is 6. The molecule has 3 rings (SSSR count). The Labute approximate surface area is 167 Å². The highest BCUT2D eigenvalue weighted by atomic mass is 16.3. The summed E-state index contributed by atoms with van der Waals surface area (Å²) in [6.07, 6.45) is 8.54. The lowest BCUT2D eigenvalue weighted by atomic mass is 9.78. The molecule has 0 radical (unpaired) electrons. The lowest BCUT2D eigenvalue weighted by Gasteiger charge is -2.28. The van der Waals surface area contributed by atoms with E-state index in [1.165, 1.54) is 31.3 Å². The van der Waals surface area contributed by atoms with Crippen LogP contribution in [-0.4, -0.2) is 43.8 Å². The molecule has 2 aromatic heterocycles. The largest absolute Gasteiger partial charge is 0.394 e. The zero-order valence-corrected chi connectivity index (χ0v) is 17.4. The van der Waals surface area contributed by atoms with Crippen molar-refractivity contribution < 1.29 is 5.11 Å². The van der Waals surface area contributed by atoms with Gasteiger partial charge in [0.05, 0.1) is 19.0 Å². The quantitative estimate of drug-likeness (QED) is 0.450. The lowest BCUT2D eigenvalue weighted by Crippen LogP contribution is -2.24. The maximum absolute atomic E-state index is 9.46. The highest BCUT2D eigenvalue weighted by Crippen LogP contribution is 2.34. The highest BCUT2D eigenvalue weighted by Gasteiger charge is 2.21. The van der Waals surface area contributed by atoms with Crippen molar-refractivity contribution in [3.8, 4) is 0 Å². The zero-order chi connectivity index (χ0) is 20.1. The molecule has 0 spiro atoms. The SMILES string of the molecule is C=C1CC(C)CC(CCCNc2nc(N[C@H](CC)CO)nc3c2ncn3C)C1. The minimum absolute atomic E-state index is 0.0527. The number of fused-ring (bicyclic) bond motifs is 1. The van der Waals surface area contributed by atoms with Gasteiger partial charge in [-0.1, -0.05) is 26.0 Å². The Morgan fingerprint density at radius 1 is 1.36 bits per heavy atom. The van der Waals surface area contributed by atoms with Gasteiger partial charge in [-0.05, 0) is 50.4 Å². The number of rotatable bonds is 9. The van der Waals surface area contributed by atoms with E-state index in [1.54, 1.807) is 6.33 Å². The standard InChI is InChI=1S/C21H34N6O/c1-5-17(12-28)24-21-25-19(18-20(26-21)27(4)13-23-18)22-8-6-7-16-10-14(2)9-15(3)11-16/h13,15-17,28H,2,5-12H2,1,3-4H3,(H2,22,24,25,26)/t15?,16?,17-/m1/s1. The Morgan fingerprint density at radius 2 is 2.18 bits per heavy atom. The van der Waals surface area contributed by atoms with Gasteiger partial charge >= 0.3 is 0 Å². The van der Waals surface area contributed by atoms with Crippen molar-refractivity contribution in [2.24, 2.45) is 18.9 Å². The van der Waals surface area contributed by atoms with Gasteiger partial charge in [0.15, 0.2) is 17.0 Å². The van der Waals surface area contributed by atoms with Crippen molar-refractivity contribution in [1.82, 2.24) is 19.5 Å². The number of imidazole rings is 1. The van der Waals surface area contributed by atoms with Gasteiger partial charge < -0.3 is 20.3 Å². The number of nitrogens with one attached hydrogen (secondary N) is 2. The van der Waals surface area contributed by atoms with E-state index in [1.807, 2.05) is 18.5 Å². The fourth-order valence-electron chi connectivity index (χ4n) is 4.19. The van der Waals surface area contributed by atoms with Crippen molar-refractivity contribution in [3.63, 3.8) is 0 Å². The third-order valence-corrected chi connectivity index (χ3v) is 5.64. The average molecular weight is 387 g/mol. The molecule has 28 heavy (non-hydrogen) atoms. The van der Waals surface area contributed by atoms with E-state index >= 15 is 0 Å². The Bertz CT molecular complexity index is 798. The van der Waals surface area contributed by atoms with E-state index < -0.39 is 0 Å². The van der Waals surface area contributed by atoms with E-state index in [9.17, 15) is 5.11 Å². The first-order chi connectivity index (χ1) is 13.5. The van der Waals surface area contributed by atoms with Crippen molar-refractivity contribution >= 4 is 22.9 Å².